The van der Waals surface area contributed by atoms with Crippen LogP contribution in [0.3, 0.4) is 0 Å². The Bertz CT molecular complexity index is 511. The Kier molecular flexibility index (Phi) is 4.07. The van der Waals surface area contributed by atoms with Gasteiger partial charge in [-0.1, -0.05) is 25.3 Å². The van der Waals surface area contributed by atoms with Crippen molar-refractivity contribution in [1.29, 1.82) is 0 Å². The first-order chi connectivity index (χ1) is 10.1. The zero-order valence-electron chi connectivity index (χ0n) is 12.2. The minimum Gasteiger partial charge on any atom is -0.292 e. The summed E-state index contributed by atoms with van der Waals surface area (Å²) < 4.78 is 28.0. The molecule has 0 radical (unpaired) electrons. The molecule has 0 aromatic heterocycles. The molecule has 1 saturated carbocycles. The van der Waals surface area contributed by atoms with E-state index in [0.717, 1.165) is 51.6 Å². The number of hydrogen-bond donors (Lipinski definition) is 0. The number of Topliss-reactive ketones (excluding diaryl/α,β-unsaturated/α-hetero) is 1. The zero-order valence-corrected chi connectivity index (χ0v) is 12.2. The van der Waals surface area contributed by atoms with Gasteiger partial charge < -0.3 is 0 Å². The number of halogens is 2. The summed E-state index contributed by atoms with van der Waals surface area (Å²) in [5.74, 6) is -1.82. The molecule has 3 rings (SSSR count). The Morgan fingerprint density at radius 1 is 0.952 bits per heavy atom. The molecule has 1 heterocycles. The minimum atomic E-state index is -0.733. The lowest BCUT2D eigenvalue weighted by atomic mass is 9.84. The fourth-order valence-electron chi connectivity index (χ4n) is 3.92. The van der Waals surface area contributed by atoms with Gasteiger partial charge in [0.15, 0.2) is 5.78 Å². The molecule has 1 aliphatic heterocycles. The van der Waals surface area contributed by atoms with Gasteiger partial charge in [0.05, 0.1) is 11.1 Å². The van der Waals surface area contributed by atoms with Crippen molar-refractivity contribution in [3.05, 3.63) is 35.4 Å². The number of carbonyl (C=O) groups is 1. The van der Waals surface area contributed by atoms with E-state index in [0.29, 0.717) is 0 Å². The van der Waals surface area contributed by atoms with Crippen molar-refractivity contribution in [1.82, 2.24) is 4.90 Å². The average Bonchev–Trinajstić information content (AvgIpc) is 2.98. The third-order valence-electron chi connectivity index (χ3n) is 5.00. The van der Waals surface area contributed by atoms with Crippen LogP contribution < -0.4 is 0 Å². The molecule has 1 aromatic rings. The molecule has 0 N–H and O–H groups in total. The van der Waals surface area contributed by atoms with Gasteiger partial charge in [-0.25, -0.2) is 8.78 Å². The van der Waals surface area contributed by atoms with Crippen molar-refractivity contribution in [3.8, 4) is 0 Å². The van der Waals surface area contributed by atoms with Crippen LogP contribution in [-0.4, -0.2) is 29.3 Å². The van der Waals surface area contributed by atoms with Crippen LogP contribution in [0.25, 0.3) is 0 Å². The number of ketones is 1. The number of carbonyl (C=O) groups excluding carboxylic acids is 1. The fourth-order valence-corrected chi connectivity index (χ4v) is 3.92. The lowest BCUT2D eigenvalue weighted by molar-refractivity contribution is 0.0469. The van der Waals surface area contributed by atoms with Crippen LogP contribution >= 0.6 is 0 Å². The number of nitrogens with zero attached hydrogens (tertiary/aromatic N) is 1. The first kappa shape index (κ1) is 14.6. The molecule has 0 bridgehead atoms. The molecule has 1 aromatic carbocycles. The molecular weight excluding hydrogens is 272 g/mol. The van der Waals surface area contributed by atoms with Gasteiger partial charge in [0.1, 0.15) is 11.6 Å². The predicted octanol–water partition coefficient (Wildman–Crippen LogP) is 3.95. The first-order valence-corrected chi connectivity index (χ1v) is 7.89. The number of likely N-dealkylation sites (tertiary alicyclic amines) is 1. The molecule has 2 nitrogen and oxygen atoms in total. The van der Waals surface area contributed by atoms with Crippen molar-refractivity contribution in [2.24, 2.45) is 0 Å². The molecule has 2 aliphatic rings. The SMILES string of the molecule is O=C(c1c(F)cccc1F)C1(N2CCCCC2)CCCC1. The van der Waals surface area contributed by atoms with Gasteiger partial charge in [0, 0.05) is 0 Å². The second-order valence-corrected chi connectivity index (χ2v) is 6.21. The molecule has 0 atom stereocenters. The predicted molar refractivity (Wildman–Crippen MR) is 77.3 cm³/mol. The number of hydrogen-bond acceptors (Lipinski definition) is 2. The Hall–Kier alpha value is -1.29. The van der Waals surface area contributed by atoms with Crippen LogP contribution in [0.5, 0.6) is 0 Å². The minimum absolute atomic E-state index is 0.343. The first-order valence-electron chi connectivity index (χ1n) is 7.89. The van der Waals surface area contributed by atoms with Gasteiger partial charge >= 0.3 is 0 Å². The maximum absolute atomic E-state index is 14.0. The van der Waals surface area contributed by atoms with E-state index < -0.39 is 17.2 Å². The van der Waals surface area contributed by atoms with Gasteiger partial charge in [-0.3, -0.25) is 9.69 Å². The van der Waals surface area contributed by atoms with E-state index in [9.17, 15) is 13.6 Å². The Morgan fingerprint density at radius 2 is 1.52 bits per heavy atom. The van der Waals surface area contributed by atoms with E-state index in [1.165, 1.54) is 24.6 Å². The standard InChI is InChI=1S/C17H21F2NO/c18-13-7-6-8-14(19)15(13)16(21)17(9-2-3-10-17)20-11-4-1-5-12-20/h6-8H,1-5,9-12H2. The molecule has 0 spiro atoms. The molecule has 2 fully saturated rings. The van der Waals surface area contributed by atoms with Gasteiger partial charge in [-0.05, 0) is 50.9 Å². The van der Waals surface area contributed by atoms with Gasteiger partial charge in [0.2, 0.25) is 0 Å². The molecule has 0 amide bonds. The van der Waals surface area contributed by atoms with Crippen molar-refractivity contribution in [2.75, 3.05) is 13.1 Å². The van der Waals surface area contributed by atoms with Crippen LogP contribution in [0, 0.1) is 11.6 Å². The normalized spacial score (nSPS) is 22.4. The second kappa shape index (κ2) is 5.84. The quantitative estimate of drug-likeness (QED) is 0.787. The van der Waals surface area contributed by atoms with Crippen molar-refractivity contribution in [2.45, 2.75) is 50.5 Å². The molecule has 1 aliphatic carbocycles. The second-order valence-electron chi connectivity index (χ2n) is 6.21. The summed E-state index contributed by atoms with van der Waals surface area (Å²) in [7, 11) is 0. The molecule has 4 heteroatoms. The van der Waals surface area contributed by atoms with Crippen LogP contribution in [0.2, 0.25) is 0 Å². The van der Waals surface area contributed by atoms with E-state index in [-0.39, 0.29) is 11.3 Å². The number of benzene rings is 1. The van der Waals surface area contributed by atoms with E-state index in [2.05, 4.69) is 4.90 Å². The smallest absolute Gasteiger partial charge is 0.188 e. The Labute approximate surface area is 124 Å². The van der Waals surface area contributed by atoms with Crippen molar-refractivity contribution >= 4 is 5.78 Å². The summed E-state index contributed by atoms with van der Waals surface area (Å²) in [4.78, 5) is 15.2. The zero-order chi connectivity index (χ0) is 14.9. The van der Waals surface area contributed by atoms with Crippen LogP contribution in [-0.2, 0) is 0 Å². The lowest BCUT2D eigenvalue weighted by Gasteiger charge is -2.42. The molecular formula is C17H21F2NO. The molecule has 0 unspecified atom stereocenters. The van der Waals surface area contributed by atoms with E-state index in [1.807, 2.05) is 0 Å². The Balaban J connectivity index is 1.99. The Morgan fingerprint density at radius 3 is 2.10 bits per heavy atom. The molecule has 21 heavy (non-hydrogen) atoms. The van der Waals surface area contributed by atoms with E-state index in [1.54, 1.807) is 0 Å². The average molecular weight is 293 g/mol. The van der Waals surface area contributed by atoms with Crippen molar-refractivity contribution < 1.29 is 13.6 Å². The highest BCUT2D eigenvalue weighted by Gasteiger charge is 2.47. The molecule has 114 valence electrons. The largest absolute Gasteiger partial charge is 0.292 e. The van der Waals surface area contributed by atoms with Crippen LogP contribution in [0.1, 0.15) is 55.3 Å². The van der Waals surface area contributed by atoms with Gasteiger partial charge in [0.25, 0.3) is 0 Å². The van der Waals surface area contributed by atoms with E-state index >= 15 is 0 Å². The summed E-state index contributed by atoms with van der Waals surface area (Å²) in [5.41, 5.74) is -1.02. The van der Waals surface area contributed by atoms with Gasteiger partial charge in [-0.2, -0.15) is 0 Å². The van der Waals surface area contributed by atoms with Crippen LogP contribution in [0.15, 0.2) is 18.2 Å². The number of piperidine rings is 1. The van der Waals surface area contributed by atoms with Crippen molar-refractivity contribution in [3.63, 3.8) is 0 Å². The van der Waals surface area contributed by atoms with Gasteiger partial charge in [-0.15, -0.1) is 0 Å². The van der Waals surface area contributed by atoms with E-state index in [4.69, 9.17) is 0 Å². The molecule has 1 saturated heterocycles. The maximum atomic E-state index is 14.0. The maximum Gasteiger partial charge on any atom is 0.188 e. The summed E-state index contributed by atoms with van der Waals surface area (Å²) in [6, 6.07) is 3.66. The topological polar surface area (TPSA) is 20.3 Å². The lowest BCUT2D eigenvalue weighted by Crippen LogP contribution is -2.55. The third-order valence-corrected chi connectivity index (χ3v) is 5.00. The summed E-state index contributed by atoms with van der Waals surface area (Å²) in [6.45, 7) is 1.73. The monoisotopic (exact) mass is 293 g/mol. The van der Waals surface area contributed by atoms with Crippen LogP contribution in [0.4, 0.5) is 8.78 Å². The third kappa shape index (κ3) is 2.50. The fraction of sp³-hybridized carbons (Fsp3) is 0.588. The highest BCUT2D eigenvalue weighted by Crippen LogP contribution is 2.40. The summed E-state index contributed by atoms with van der Waals surface area (Å²) >= 11 is 0. The number of rotatable bonds is 3. The summed E-state index contributed by atoms with van der Waals surface area (Å²) in [5, 5.41) is 0. The highest BCUT2D eigenvalue weighted by molar-refractivity contribution is 6.03. The highest BCUT2D eigenvalue weighted by atomic mass is 19.1. The summed E-state index contributed by atoms with van der Waals surface area (Å²) in [6.07, 6.45) is 6.66.